The quantitative estimate of drug-likeness (QED) is 0.760. The minimum absolute atomic E-state index is 0.163. The number of hydrogen-bond acceptors (Lipinski definition) is 4. The van der Waals surface area contributed by atoms with Gasteiger partial charge in [-0.15, -0.1) is 0 Å². The van der Waals surface area contributed by atoms with Crippen molar-refractivity contribution in [2.75, 3.05) is 12.4 Å². The van der Waals surface area contributed by atoms with Crippen LogP contribution < -0.4 is 15.4 Å². The van der Waals surface area contributed by atoms with Crippen LogP contribution in [0, 0.1) is 6.92 Å². The fourth-order valence-corrected chi connectivity index (χ4v) is 1.78. The van der Waals surface area contributed by atoms with Gasteiger partial charge in [0.2, 0.25) is 11.8 Å². The van der Waals surface area contributed by atoms with Gasteiger partial charge < -0.3 is 10.1 Å². The van der Waals surface area contributed by atoms with E-state index >= 15 is 0 Å². The van der Waals surface area contributed by atoms with Crippen LogP contribution in [0.2, 0.25) is 0 Å². The number of benzene rings is 1. The van der Waals surface area contributed by atoms with Crippen LogP contribution in [-0.2, 0) is 9.59 Å². The second-order valence-corrected chi connectivity index (χ2v) is 4.02. The number of ether oxygens (including phenoxy) is 1. The molecule has 1 saturated heterocycles. The van der Waals surface area contributed by atoms with E-state index in [2.05, 4.69) is 10.6 Å². The molecule has 5 nitrogen and oxygen atoms in total. The number of nitrogens with one attached hydrogen (secondary N) is 2. The van der Waals surface area contributed by atoms with Gasteiger partial charge in [-0.05, 0) is 24.6 Å². The van der Waals surface area contributed by atoms with Gasteiger partial charge in [0.15, 0.2) is 0 Å². The first-order chi connectivity index (χ1) is 8.10. The number of imide groups is 1. The van der Waals surface area contributed by atoms with Crippen LogP contribution in [0.15, 0.2) is 18.2 Å². The molecule has 1 heterocycles. The first-order valence-corrected chi connectivity index (χ1v) is 5.35. The van der Waals surface area contributed by atoms with Gasteiger partial charge in [0.1, 0.15) is 11.8 Å². The Morgan fingerprint density at radius 1 is 1.41 bits per heavy atom. The predicted octanol–water partition coefficient (Wildman–Crippen LogP) is 0.831. The maximum absolute atomic E-state index is 11.4. The molecule has 1 aliphatic rings. The molecule has 0 aliphatic carbocycles. The molecule has 1 atom stereocenters. The number of hydrogen-bond donors (Lipinski definition) is 2. The summed E-state index contributed by atoms with van der Waals surface area (Å²) in [5.41, 5.74) is 1.78. The van der Waals surface area contributed by atoms with Crippen LogP contribution in [-0.4, -0.2) is 25.0 Å². The minimum Gasteiger partial charge on any atom is -0.495 e. The van der Waals surface area contributed by atoms with E-state index in [1.54, 1.807) is 7.11 Å². The second-order valence-electron chi connectivity index (χ2n) is 4.02. The summed E-state index contributed by atoms with van der Waals surface area (Å²) >= 11 is 0. The van der Waals surface area contributed by atoms with Crippen LogP contribution in [0.1, 0.15) is 12.0 Å². The lowest BCUT2D eigenvalue weighted by molar-refractivity contribution is -0.124. The van der Waals surface area contributed by atoms with Crippen molar-refractivity contribution in [3.05, 3.63) is 23.8 Å². The number of anilines is 1. The largest absolute Gasteiger partial charge is 0.495 e. The van der Waals surface area contributed by atoms with Crippen LogP contribution in [0.25, 0.3) is 0 Å². The molecule has 1 aromatic carbocycles. The van der Waals surface area contributed by atoms with Gasteiger partial charge in [-0.3, -0.25) is 14.9 Å². The molecule has 0 spiro atoms. The van der Waals surface area contributed by atoms with Gasteiger partial charge in [0, 0.05) is 0 Å². The summed E-state index contributed by atoms with van der Waals surface area (Å²) in [6.07, 6.45) is 0.163. The molecule has 0 aromatic heterocycles. The maximum Gasteiger partial charge on any atom is 0.249 e. The Morgan fingerprint density at radius 2 is 2.18 bits per heavy atom. The zero-order chi connectivity index (χ0) is 12.4. The van der Waals surface area contributed by atoms with Crippen molar-refractivity contribution >= 4 is 17.5 Å². The Hall–Kier alpha value is -2.04. The lowest BCUT2D eigenvalue weighted by Gasteiger charge is -2.14. The highest BCUT2D eigenvalue weighted by atomic mass is 16.5. The summed E-state index contributed by atoms with van der Waals surface area (Å²) in [5, 5.41) is 5.26. The molecular weight excluding hydrogens is 220 g/mol. The Labute approximate surface area is 99.2 Å². The van der Waals surface area contributed by atoms with Crippen molar-refractivity contribution in [3.8, 4) is 5.75 Å². The average molecular weight is 234 g/mol. The van der Waals surface area contributed by atoms with Crippen LogP contribution in [0.4, 0.5) is 5.69 Å². The van der Waals surface area contributed by atoms with E-state index in [1.165, 1.54) is 0 Å². The zero-order valence-corrected chi connectivity index (χ0v) is 9.74. The average Bonchev–Trinajstić information content (AvgIpc) is 2.60. The third-order valence-corrected chi connectivity index (χ3v) is 2.66. The molecule has 2 N–H and O–H groups in total. The summed E-state index contributed by atoms with van der Waals surface area (Å²) < 4.78 is 5.22. The first kappa shape index (κ1) is 11.4. The van der Waals surface area contributed by atoms with Gasteiger partial charge in [-0.2, -0.15) is 0 Å². The monoisotopic (exact) mass is 234 g/mol. The summed E-state index contributed by atoms with van der Waals surface area (Å²) in [5.74, 6) is 0.119. The molecule has 1 aromatic rings. The third-order valence-electron chi connectivity index (χ3n) is 2.66. The van der Waals surface area contributed by atoms with Gasteiger partial charge in [0.05, 0.1) is 19.2 Å². The Morgan fingerprint density at radius 3 is 2.76 bits per heavy atom. The smallest absolute Gasteiger partial charge is 0.249 e. The third kappa shape index (κ3) is 2.38. The zero-order valence-electron chi connectivity index (χ0n) is 9.74. The summed E-state index contributed by atoms with van der Waals surface area (Å²) in [7, 11) is 1.57. The highest BCUT2D eigenvalue weighted by molar-refractivity contribution is 6.06. The van der Waals surface area contributed by atoms with Crippen molar-refractivity contribution < 1.29 is 14.3 Å². The predicted molar refractivity (Wildman–Crippen MR) is 62.9 cm³/mol. The molecule has 0 saturated carbocycles. The standard InChI is InChI=1S/C12H14N2O3/c1-7-3-4-8(10(5-7)17-2)13-9-6-11(15)14-12(9)16/h3-5,9,13H,6H2,1-2H3,(H,14,15,16). The lowest BCUT2D eigenvalue weighted by Crippen LogP contribution is -2.30. The Balaban J connectivity index is 2.18. The van der Waals surface area contributed by atoms with E-state index in [-0.39, 0.29) is 18.2 Å². The molecule has 5 heteroatoms. The lowest BCUT2D eigenvalue weighted by atomic mass is 10.1. The van der Waals surface area contributed by atoms with E-state index in [1.807, 2.05) is 25.1 Å². The van der Waals surface area contributed by atoms with Crippen LogP contribution >= 0.6 is 0 Å². The number of carbonyl (C=O) groups excluding carboxylic acids is 2. The van der Waals surface area contributed by atoms with Crippen LogP contribution in [0.3, 0.4) is 0 Å². The summed E-state index contributed by atoms with van der Waals surface area (Å²) in [6.45, 7) is 1.96. The molecule has 0 radical (unpaired) electrons. The molecule has 1 aliphatic heterocycles. The molecule has 0 bridgehead atoms. The van der Waals surface area contributed by atoms with E-state index in [0.717, 1.165) is 5.56 Å². The van der Waals surface area contributed by atoms with Gasteiger partial charge in [0.25, 0.3) is 0 Å². The van der Waals surface area contributed by atoms with Crippen molar-refractivity contribution in [3.63, 3.8) is 0 Å². The number of aryl methyl sites for hydroxylation is 1. The van der Waals surface area contributed by atoms with E-state index in [4.69, 9.17) is 4.74 Å². The normalized spacial score (nSPS) is 19.1. The highest BCUT2D eigenvalue weighted by Crippen LogP contribution is 2.26. The maximum atomic E-state index is 11.4. The first-order valence-electron chi connectivity index (χ1n) is 5.35. The summed E-state index contributed by atoms with van der Waals surface area (Å²) in [4.78, 5) is 22.5. The van der Waals surface area contributed by atoms with E-state index < -0.39 is 6.04 Å². The molecule has 17 heavy (non-hydrogen) atoms. The number of amides is 2. The van der Waals surface area contributed by atoms with Gasteiger partial charge >= 0.3 is 0 Å². The molecule has 90 valence electrons. The second kappa shape index (κ2) is 4.45. The number of methoxy groups -OCH3 is 1. The van der Waals surface area contributed by atoms with Crippen molar-refractivity contribution in [1.82, 2.24) is 5.32 Å². The Bertz CT molecular complexity index is 471. The highest BCUT2D eigenvalue weighted by Gasteiger charge is 2.30. The van der Waals surface area contributed by atoms with Crippen molar-refractivity contribution in [1.29, 1.82) is 0 Å². The molecule has 1 unspecified atom stereocenters. The van der Waals surface area contributed by atoms with E-state index in [0.29, 0.717) is 11.4 Å². The van der Waals surface area contributed by atoms with Gasteiger partial charge in [-0.25, -0.2) is 0 Å². The van der Waals surface area contributed by atoms with Crippen molar-refractivity contribution in [2.45, 2.75) is 19.4 Å². The van der Waals surface area contributed by atoms with Crippen LogP contribution in [0.5, 0.6) is 5.75 Å². The fraction of sp³-hybridized carbons (Fsp3) is 0.333. The van der Waals surface area contributed by atoms with E-state index in [9.17, 15) is 9.59 Å². The number of rotatable bonds is 3. The van der Waals surface area contributed by atoms with Gasteiger partial charge in [-0.1, -0.05) is 6.07 Å². The molecule has 1 fully saturated rings. The molecule has 2 amide bonds. The fourth-order valence-electron chi connectivity index (χ4n) is 1.78. The number of carbonyl (C=O) groups is 2. The SMILES string of the molecule is COc1cc(C)ccc1NC1CC(=O)NC1=O. The molecule has 2 rings (SSSR count). The Kier molecular flexibility index (Phi) is 2.99. The molecular formula is C12H14N2O3. The minimum atomic E-state index is -0.515. The topological polar surface area (TPSA) is 67.4 Å². The van der Waals surface area contributed by atoms with Crippen molar-refractivity contribution in [2.24, 2.45) is 0 Å². The summed E-state index contributed by atoms with van der Waals surface area (Å²) in [6, 6.07) is 5.11.